The van der Waals surface area contributed by atoms with E-state index in [2.05, 4.69) is 223 Å². The molecule has 1 spiro atoms. The first-order valence-electron chi connectivity index (χ1n) is 21.6. The van der Waals surface area contributed by atoms with Crippen LogP contribution in [0.2, 0.25) is 0 Å². The Hall–Kier alpha value is -6.44. The molecule has 0 radical (unpaired) electrons. The fourth-order valence-electron chi connectivity index (χ4n) is 11.7. The molecule has 0 atom stereocenters. The minimum atomic E-state index is -0.530. The van der Waals surface area contributed by atoms with E-state index >= 15 is 0 Å². The van der Waals surface area contributed by atoms with E-state index in [1.165, 1.54) is 89.1 Å². The Labute approximate surface area is 356 Å². The van der Waals surface area contributed by atoms with Gasteiger partial charge in [0.05, 0.1) is 16.8 Å². The predicted octanol–water partition coefficient (Wildman–Crippen LogP) is 15.2. The Morgan fingerprint density at radius 2 is 0.917 bits per heavy atom. The molecule has 0 aromatic heterocycles. The Morgan fingerprint density at radius 1 is 0.467 bits per heavy atom. The summed E-state index contributed by atoms with van der Waals surface area (Å²) in [7, 11) is 0. The predicted molar refractivity (Wildman–Crippen MR) is 253 cm³/mol. The third-order valence-electron chi connectivity index (χ3n) is 15.4. The van der Waals surface area contributed by atoms with Crippen molar-refractivity contribution in [1.29, 1.82) is 0 Å². The Morgan fingerprint density at radius 3 is 1.50 bits per heavy atom. The number of anilines is 2. The second kappa shape index (κ2) is 12.5. The zero-order valence-corrected chi connectivity index (χ0v) is 35.8. The molecule has 11 rings (SSSR count). The van der Waals surface area contributed by atoms with Gasteiger partial charge >= 0.3 is 0 Å². The minimum absolute atomic E-state index is 0.107. The Kier molecular flexibility index (Phi) is 7.65. The highest BCUT2D eigenvalue weighted by Gasteiger charge is 2.54. The van der Waals surface area contributed by atoms with Gasteiger partial charge in [0.25, 0.3) is 0 Å². The molecule has 0 saturated carbocycles. The van der Waals surface area contributed by atoms with E-state index in [-0.39, 0.29) is 16.2 Å². The molecule has 292 valence electrons. The summed E-state index contributed by atoms with van der Waals surface area (Å²) in [5.74, 6) is 0. The van der Waals surface area contributed by atoms with Gasteiger partial charge in [0.2, 0.25) is 0 Å². The van der Waals surface area contributed by atoms with Crippen molar-refractivity contribution in [3.8, 4) is 33.4 Å². The van der Waals surface area contributed by atoms with E-state index in [0.29, 0.717) is 0 Å². The van der Waals surface area contributed by atoms with Crippen LogP contribution < -0.4 is 4.90 Å². The van der Waals surface area contributed by atoms with Crippen LogP contribution in [0.3, 0.4) is 0 Å². The molecular weight excluding hydrogens is 723 g/mol. The monoisotopic (exact) mass is 773 g/mol. The van der Waals surface area contributed by atoms with Crippen LogP contribution in [-0.4, -0.2) is 0 Å². The number of hydrogen-bond acceptors (Lipinski definition) is 1. The van der Waals surface area contributed by atoms with Gasteiger partial charge in [0, 0.05) is 22.2 Å². The molecular formula is C59H51N. The average molecular weight is 774 g/mol. The third kappa shape index (κ3) is 4.48. The van der Waals surface area contributed by atoms with Gasteiger partial charge in [-0.05, 0) is 120 Å². The van der Waals surface area contributed by atoms with Crippen LogP contribution in [0.4, 0.5) is 11.4 Å². The van der Waals surface area contributed by atoms with Crippen molar-refractivity contribution in [1.82, 2.24) is 0 Å². The van der Waals surface area contributed by atoms with Crippen molar-refractivity contribution in [3.05, 3.63) is 232 Å². The highest BCUT2D eigenvalue weighted by molar-refractivity contribution is 6.01. The molecule has 0 fully saturated rings. The van der Waals surface area contributed by atoms with Gasteiger partial charge < -0.3 is 4.90 Å². The molecule has 7 aromatic rings. The summed E-state index contributed by atoms with van der Waals surface area (Å²) in [6.45, 7) is 21.5. The zero-order valence-electron chi connectivity index (χ0n) is 35.8. The number of fused-ring (bicyclic) bond motifs is 14. The third-order valence-corrected chi connectivity index (χ3v) is 15.4. The second-order valence-electron chi connectivity index (χ2n) is 18.9. The van der Waals surface area contributed by atoms with E-state index < -0.39 is 5.41 Å². The van der Waals surface area contributed by atoms with Crippen molar-refractivity contribution in [2.45, 2.75) is 70.1 Å². The van der Waals surface area contributed by atoms with Gasteiger partial charge in [-0.1, -0.05) is 194 Å². The highest BCUT2D eigenvalue weighted by atomic mass is 15.2. The van der Waals surface area contributed by atoms with E-state index in [9.17, 15) is 0 Å². The van der Waals surface area contributed by atoms with Gasteiger partial charge in [0.1, 0.15) is 0 Å². The Bertz CT molecular complexity index is 2990. The molecule has 0 heterocycles. The lowest BCUT2D eigenvalue weighted by Crippen LogP contribution is -2.43. The molecule has 1 heteroatoms. The van der Waals surface area contributed by atoms with Crippen molar-refractivity contribution in [2.24, 2.45) is 0 Å². The number of allylic oxidation sites excluding steroid dienone is 4. The summed E-state index contributed by atoms with van der Waals surface area (Å²) in [6.07, 6.45) is 4.55. The second-order valence-corrected chi connectivity index (χ2v) is 18.9. The van der Waals surface area contributed by atoms with Crippen LogP contribution >= 0.6 is 0 Å². The number of hydrogen-bond donors (Lipinski definition) is 0. The first kappa shape index (κ1) is 36.6. The lowest BCUT2D eigenvalue weighted by molar-refractivity contribution is 0.299. The summed E-state index contributed by atoms with van der Waals surface area (Å²) in [5, 5.41) is 0. The molecule has 0 aliphatic heterocycles. The molecule has 60 heavy (non-hydrogen) atoms. The first-order valence-corrected chi connectivity index (χ1v) is 21.6. The maximum Gasteiger partial charge on any atom is 0.0746 e. The van der Waals surface area contributed by atoms with Gasteiger partial charge in [-0.3, -0.25) is 0 Å². The van der Waals surface area contributed by atoms with E-state index in [1.807, 2.05) is 0 Å². The van der Waals surface area contributed by atoms with Gasteiger partial charge in [-0.2, -0.15) is 0 Å². The average Bonchev–Trinajstić information content (AvgIpc) is 3.81. The standard InChI is InChI=1S/C59H51N/c1-9-21-52(54-37(2)56(3,4)46-28-15-14-26-45(46)54)60(38-34-35-43-39-22-10-16-29-47(39)57(5,6)58(7,8)51(43)36-38)53-33-20-27-44-42-25-13-19-32-50(42)59(55(44)53)48-30-17-11-23-40(48)41-24-12-18-31-49(41)59/h9-36H,2H2,1,3-8H3/b21-9-,54-52-. The smallest absolute Gasteiger partial charge is 0.0746 e. The molecule has 0 bridgehead atoms. The Balaban J connectivity index is 1.30. The van der Waals surface area contributed by atoms with Crippen molar-refractivity contribution in [2.75, 3.05) is 4.90 Å². The van der Waals surface area contributed by atoms with Crippen LogP contribution in [0.15, 0.2) is 188 Å². The SMILES string of the molecule is C=C1/C(=C(\C=C/C)N(c2ccc3c(c2)C(C)(C)C(C)(C)c2ccccc2-3)c2cccc3c2C2(c4ccccc4-c4ccccc42)c2ccccc2-3)c2ccccc2C1(C)C. The van der Waals surface area contributed by atoms with Crippen LogP contribution in [0.5, 0.6) is 0 Å². The summed E-state index contributed by atoms with van der Waals surface area (Å²) in [6, 6.07) is 59.8. The number of benzene rings is 7. The minimum Gasteiger partial charge on any atom is -0.310 e. The van der Waals surface area contributed by atoms with E-state index in [0.717, 1.165) is 17.0 Å². The van der Waals surface area contributed by atoms with E-state index in [4.69, 9.17) is 6.58 Å². The quantitative estimate of drug-likeness (QED) is 0.172. The van der Waals surface area contributed by atoms with Crippen molar-refractivity contribution in [3.63, 3.8) is 0 Å². The lowest BCUT2D eigenvalue weighted by atomic mass is 9.55. The van der Waals surface area contributed by atoms with Gasteiger partial charge in [0.15, 0.2) is 0 Å². The summed E-state index contributed by atoms with van der Waals surface area (Å²) < 4.78 is 0. The fraction of sp³-hybridized carbons (Fsp3) is 0.186. The summed E-state index contributed by atoms with van der Waals surface area (Å²) in [5.41, 5.74) is 23.3. The van der Waals surface area contributed by atoms with E-state index in [1.54, 1.807) is 0 Å². The molecule has 7 aromatic carbocycles. The largest absolute Gasteiger partial charge is 0.310 e. The maximum absolute atomic E-state index is 4.93. The summed E-state index contributed by atoms with van der Waals surface area (Å²) in [4.78, 5) is 2.61. The van der Waals surface area contributed by atoms with Crippen LogP contribution in [0, 0.1) is 0 Å². The molecule has 4 aliphatic rings. The van der Waals surface area contributed by atoms with Crippen LogP contribution in [-0.2, 0) is 21.7 Å². The van der Waals surface area contributed by atoms with Crippen LogP contribution in [0.1, 0.15) is 93.0 Å². The first-order chi connectivity index (χ1) is 29.0. The molecule has 4 aliphatic carbocycles. The maximum atomic E-state index is 4.93. The highest BCUT2D eigenvalue weighted by Crippen LogP contribution is 2.66. The number of nitrogens with zero attached hydrogens (tertiary/aromatic N) is 1. The normalized spacial score (nSPS) is 18.3. The lowest BCUT2D eigenvalue weighted by Gasteiger charge is -2.48. The van der Waals surface area contributed by atoms with Gasteiger partial charge in [-0.15, -0.1) is 0 Å². The topological polar surface area (TPSA) is 3.24 Å². The van der Waals surface area contributed by atoms with Gasteiger partial charge in [-0.25, -0.2) is 0 Å². The van der Waals surface area contributed by atoms with Crippen LogP contribution in [0.25, 0.3) is 39.0 Å². The zero-order chi connectivity index (χ0) is 41.3. The molecule has 0 unspecified atom stereocenters. The fourth-order valence-corrected chi connectivity index (χ4v) is 11.7. The molecule has 0 amide bonds. The molecule has 0 saturated heterocycles. The number of rotatable bonds is 4. The van der Waals surface area contributed by atoms with Crippen molar-refractivity contribution >= 4 is 16.9 Å². The molecule has 0 N–H and O–H groups in total. The molecule has 1 nitrogen and oxygen atoms in total. The van der Waals surface area contributed by atoms with Crippen molar-refractivity contribution < 1.29 is 0 Å². The summed E-state index contributed by atoms with van der Waals surface area (Å²) >= 11 is 0.